The maximum absolute atomic E-state index is 11.1. The second-order valence-electron chi connectivity index (χ2n) is 3.96. The Morgan fingerprint density at radius 1 is 1.43 bits per heavy atom. The number of hydrogen-bond donors (Lipinski definition) is 2. The van der Waals surface area contributed by atoms with E-state index in [0.717, 1.165) is 25.9 Å². The molecular formula is C9H16N2O3. The van der Waals surface area contributed by atoms with Crippen molar-refractivity contribution in [2.24, 2.45) is 0 Å². The largest absolute Gasteiger partial charge is 0.465 e. The van der Waals surface area contributed by atoms with E-state index < -0.39 is 6.09 Å². The minimum atomic E-state index is -0.810. The summed E-state index contributed by atoms with van der Waals surface area (Å²) in [4.78, 5) is 12.6. The summed E-state index contributed by atoms with van der Waals surface area (Å²) in [6, 6.07) is 0. The number of amides is 1. The zero-order chi connectivity index (χ0) is 10.0. The lowest BCUT2D eigenvalue weighted by Gasteiger charge is -2.47. The molecule has 2 rings (SSSR count). The fourth-order valence-electron chi connectivity index (χ4n) is 2.34. The third kappa shape index (κ3) is 1.57. The van der Waals surface area contributed by atoms with Gasteiger partial charge in [-0.1, -0.05) is 0 Å². The van der Waals surface area contributed by atoms with Crippen LogP contribution in [0, 0.1) is 0 Å². The molecular weight excluding hydrogens is 184 g/mol. The molecule has 1 spiro atoms. The molecule has 2 N–H and O–H groups in total. The first-order valence-corrected chi connectivity index (χ1v) is 5.04. The lowest BCUT2D eigenvalue weighted by atomic mass is 9.86. The van der Waals surface area contributed by atoms with Crippen molar-refractivity contribution in [1.29, 1.82) is 0 Å². The molecule has 0 bridgehead atoms. The van der Waals surface area contributed by atoms with Crippen LogP contribution in [-0.2, 0) is 4.74 Å². The van der Waals surface area contributed by atoms with E-state index in [4.69, 9.17) is 9.84 Å². The molecule has 0 aromatic carbocycles. The van der Waals surface area contributed by atoms with Gasteiger partial charge in [0.15, 0.2) is 0 Å². The van der Waals surface area contributed by atoms with Crippen LogP contribution in [0.5, 0.6) is 0 Å². The van der Waals surface area contributed by atoms with Gasteiger partial charge in [0.2, 0.25) is 0 Å². The average molecular weight is 200 g/mol. The van der Waals surface area contributed by atoms with Gasteiger partial charge in [-0.2, -0.15) is 0 Å². The van der Waals surface area contributed by atoms with E-state index in [1.807, 2.05) is 0 Å². The Bertz CT molecular complexity index is 218. The van der Waals surface area contributed by atoms with Crippen molar-refractivity contribution >= 4 is 6.09 Å². The molecule has 0 aromatic heterocycles. The van der Waals surface area contributed by atoms with E-state index in [0.29, 0.717) is 19.8 Å². The number of morpholine rings is 1. The van der Waals surface area contributed by atoms with Gasteiger partial charge in [0.25, 0.3) is 0 Å². The molecule has 80 valence electrons. The fraction of sp³-hybridized carbons (Fsp3) is 0.889. The van der Waals surface area contributed by atoms with Crippen molar-refractivity contribution in [3.63, 3.8) is 0 Å². The second-order valence-corrected chi connectivity index (χ2v) is 3.96. The van der Waals surface area contributed by atoms with Crippen molar-refractivity contribution in [3.8, 4) is 0 Å². The highest BCUT2D eigenvalue weighted by Crippen LogP contribution is 2.29. The SMILES string of the molecule is O=C(O)N1CCOCC12CCNCC2. The van der Waals surface area contributed by atoms with Crippen molar-refractivity contribution in [3.05, 3.63) is 0 Å². The maximum Gasteiger partial charge on any atom is 0.407 e. The molecule has 0 saturated carbocycles. The normalized spacial score (nSPS) is 26.4. The first kappa shape index (κ1) is 9.73. The fourth-order valence-corrected chi connectivity index (χ4v) is 2.34. The minimum absolute atomic E-state index is 0.255. The van der Waals surface area contributed by atoms with E-state index in [9.17, 15) is 4.79 Å². The van der Waals surface area contributed by atoms with Gasteiger partial charge in [-0.3, -0.25) is 4.90 Å². The van der Waals surface area contributed by atoms with Crippen LogP contribution in [0.1, 0.15) is 12.8 Å². The van der Waals surface area contributed by atoms with E-state index >= 15 is 0 Å². The van der Waals surface area contributed by atoms with Crippen molar-refractivity contribution in [1.82, 2.24) is 10.2 Å². The summed E-state index contributed by atoms with van der Waals surface area (Å²) < 4.78 is 5.41. The quantitative estimate of drug-likeness (QED) is 0.583. The van der Waals surface area contributed by atoms with Crippen LogP contribution in [0.3, 0.4) is 0 Å². The molecule has 0 atom stereocenters. The molecule has 14 heavy (non-hydrogen) atoms. The number of piperidine rings is 1. The van der Waals surface area contributed by atoms with E-state index in [1.54, 1.807) is 4.90 Å². The van der Waals surface area contributed by atoms with Crippen LogP contribution >= 0.6 is 0 Å². The first-order valence-electron chi connectivity index (χ1n) is 5.04. The average Bonchev–Trinajstić information content (AvgIpc) is 2.19. The van der Waals surface area contributed by atoms with Crippen LogP contribution in [0.15, 0.2) is 0 Å². The number of hydrogen-bond acceptors (Lipinski definition) is 3. The number of carboxylic acid groups (broad SMARTS) is 1. The smallest absolute Gasteiger partial charge is 0.407 e. The third-order valence-electron chi connectivity index (χ3n) is 3.17. The molecule has 2 heterocycles. The number of nitrogens with one attached hydrogen (secondary N) is 1. The van der Waals surface area contributed by atoms with E-state index in [1.165, 1.54) is 0 Å². The Labute approximate surface area is 83.0 Å². The highest BCUT2D eigenvalue weighted by atomic mass is 16.5. The van der Waals surface area contributed by atoms with Gasteiger partial charge in [0, 0.05) is 6.54 Å². The second kappa shape index (κ2) is 3.74. The number of nitrogens with zero attached hydrogens (tertiary/aromatic N) is 1. The number of rotatable bonds is 0. The molecule has 0 unspecified atom stereocenters. The Balaban J connectivity index is 2.14. The molecule has 2 aliphatic heterocycles. The monoisotopic (exact) mass is 200 g/mol. The predicted molar refractivity (Wildman–Crippen MR) is 50.4 cm³/mol. The maximum atomic E-state index is 11.1. The topological polar surface area (TPSA) is 61.8 Å². The van der Waals surface area contributed by atoms with Gasteiger partial charge in [-0.05, 0) is 25.9 Å². The minimum Gasteiger partial charge on any atom is -0.465 e. The Hall–Kier alpha value is -0.810. The summed E-state index contributed by atoms with van der Waals surface area (Å²) in [5, 5.41) is 12.3. The zero-order valence-electron chi connectivity index (χ0n) is 8.16. The van der Waals surface area contributed by atoms with Gasteiger partial charge >= 0.3 is 6.09 Å². The van der Waals surface area contributed by atoms with Crippen LogP contribution < -0.4 is 5.32 Å². The predicted octanol–water partition coefficient (Wildman–Crippen LogP) is 0.119. The van der Waals surface area contributed by atoms with Gasteiger partial charge in [-0.15, -0.1) is 0 Å². The molecule has 0 radical (unpaired) electrons. The van der Waals surface area contributed by atoms with Crippen LogP contribution in [-0.4, -0.2) is 54.5 Å². The zero-order valence-corrected chi connectivity index (χ0v) is 8.16. The lowest BCUT2D eigenvalue weighted by Crippen LogP contribution is -2.62. The molecule has 2 aliphatic rings. The van der Waals surface area contributed by atoms with Crippen molar-refractivity contribution in [2.45, 2.75) is 18.4 Å². The Kier molecular flexibility index (Phi) is 2.60. The van der Waals surface area contributed by atoms with Gasteiger partial charge in [0.05, 0.1) is 18.8 Å². The summed E-state index contributed by atoms with van der Waals surface area (Å²) in [6.45, 7) is 3.36. The van der Waals surface area contributed by atoms with Crippen LogP contribution in [0.2, 0.25) is 0 Å². The van der Waals surface area contributed by atoms with Crippen LogP contribution in [0.4, 0.5) is 4.79 Å². The van der Waals surface area contributed by atoms with Gasteiger partial charge in [0.1, 0.15) is 0 Å². The summed E-state index contributed by atoms with van der Waals surface area (Å²) in [5.74, 6) is 0. The van der Waals surface area contributed by atoms with Crippen molar-refractivity contribution in [2.75, 3.05) is 32.8 Å². The van der Waals surface area contributed by atoms with Gasteiger partial charge < -0.3 is 15.2 Å². The lowest BCUT2D eigenvalue weighted by molar-refractivity contribution is -0.0684. The van der Waals surface area contributed by atoms with Gasteiger partial charge in [-0.25, -0.2) is 4.79 Å². The highest BCUT2D eigenvalue weighted by Gasteiger charge is 2.43. The van der Waals surface area contributed by atoms with E-state index in [2.05, 4.69) is 5.32 Å². The summed E-state index contributed by atoms with van der Waals surface area (Å²) >= 11 is 0. The van der Waals surface area contributed by atoms with Crippen molar-refractivity contribution < 1.29 is 14.6 Å². The Morgan fingerprint density at radius 3 is 2.79 bits per heavy atom. The Morgan fingerprint density at radius 2 is 2.14 bits per heavy atom. The number of carbonyl (C=O) groups is 1. The molecule has 0 aromatic rings. The van der Waals surface area contributed by atoms with Crippen LogP contribution in [0.25, 0.3) is 0 Å². The highest BCUT2D eigenvalue weighted by molar-refractivity contribution is 5.66. The molecule has 5 heteroatoms. The molecule has 2 saturated heterocycles. The summed E-state index contributed by atoms with van der Waals surface area (Å²) in [5.41, 5.74) is -0.255. The molecule has 1 amide bonds. The third-order valence-corrected chi connectivity index (χ3v) is 3.17. The van der Waals surface area contributed by atoms with E-state index in [-0.39, 0.29) is 5.54 Å². The summed E-state index contributed by atoms with van der Waals surface area (Å²) in [7, 11) is 0. The molecule has 5 nitrogen and oxygen atoms in total. The molecule has 2 fully saturated rings. The standard InChI is InChI=1S/C9H16N2O3/c12-8(13)11-5-6-14-7-9(11)1-3-10-4-2-9/h10H,1-7H2,(H,12,13). The summed E-state index contributed by atoms with van der Waals surface area (Å²) in [6.07, 6.45) is 0.911. The first-order chi connectivity index (χ1) is 6.75. The molecule has 0 aliphatic carbocycles. The number of ether oxygens (including phenoxy) is 1.